The van der Waals surface area contributed by atoms with Crippen molar-refractivity contribution in [1.82, 2.24) is 4.90 Å². The van der Waals surface area contributed by atoms with Gasteiger partial charge in [-0.2, -0.15) is 0 Å². The number of likely N-dealkylation sites (tertiary alicyclic amines) is 1. The zero-order chi connectivity index (χ0) is 15.4. The summed E-state index contributed by atoms with van der Waals surface area (Å²) >= 11 is 0. The van der Waals surface area contributed by atoms with E-state index in [1.165, 1.54) is 18.3 Å². The molecule has 4 heteroatoms. The van der Waals surface area contributed by atoms with E-state index < -0.39 is 0 Å². The Morgan fingerprint density at radius 1 is 1.27 bits per heavy atom. The zero-order valence-corrected chi connectivity index (χ0v) is 13.1. The Labute approximate surface area is 132 Å². The maximum atomic E-state index is 11.6. The van der Waals surface area contributed by atoms with Gasteiger partial charge in [-0.3, -0.25) is 4.90 Å². The molecule has 0 N–H and O–H groups in total. The quantitative estimate of drug-likeness (QED) is 0.461. The van der Waals surface area contributed by atoms with Crippen molar-refractivity contribution >= 4 is 12.5 Å². The number of benzene rings is 1. The highest BCUT2D eigenvalue weighted by molar-refractivity contribution is 5.61. The van der Waals surface area contributed by atoms with E-state index in [0.29, 0.717) is 17.8 Å². The van der Waals surface area contributed by atoms with E-state index in [0.717, 1.165) is 26.1 Å². The summed E-state index contributed by atoms with van der Waals surface area (Å²) in [6, 6.07) is 10.6. The fourth-order valence-corrected chi connectivity index (χ4v) is 4.30. The van der Waals surface area contributed by atoms with E-state index in [1.54, 1.807) is 7.11 Å². The smallest absolute Gasteiger partial charge is 0.123 e. The highest BCUT2D eigenvalue weighted by Crippen LogP contribution is 2.46. The van der Waals surface area contributed by atoms with Crippen LogP contribution in [-0.4, -0.2) is 37.6 Å². The van der Waals surface area contributed by atoms with Crippen molar-refractivity contribution < 1.29 is 9.63 Å². The standard InChI is InChI=1S/C18H24N2O2/c1-22-19-8-7-17-15-9-16(18(17)13-21)12-20(11-15)10-14-5-3-2-4-6-14/h2-6,8,13,15-18H,7,9-12H2,1H3. The predicted molar refractivity (Wildman–Crippen MR) is 86.5 cm³/mol. The van der Waals surface area contributed by atoms with Crippen LogP contribution in [0, 0.1) is 23.7 Å². The summed E-state index contributed by atoms with van der Waals surface area (Å²) in [6.07, 6.45) is 5.03. The molecule has 2 fully saturated rings. The topological polar surface area (TPSA) is 41.9 Å². The molecule has 118 valence electrons. The first-order chi connectivity index (χ1) is 10.8. The molecule has 1 saturated heterocycles. The molecule has 1 heterocycles. The normalized spacial score (nSPS) is 31.5. The third-order valence-corrected chi connectivity index (χ3v) is 5.20. The maximum Gasteiger partial charge on any atom is 0.123 e. The van der Waals surface area contributed by atoms with Gasteiger partial charge in [-0.1, -0.05) is 35.5 Å². The van der Waals surface area contributed by atoms with E-state index in [2.05, 4.69) is 40.4 Å². The monoisotopic (exact) mass is 300 g/mol. The molecule has 1 saturated carbocycles. The number of aldehydes is 1. The number of hydrogen-bond donors (Lipinski definition) is 0. The van der Waals surface area contributed by atoms with Crippen LogP contribution in [0.2, 0.25) is 0 Å². The van der Waals surface area contributed by atoms with Crippen LogP contribution in [0.5, 0.6) is 0 Å². The summed E-state index contributed by atoms with van der Waals surface area (Å²) in [5.41, 5.74) is 1.35. The fourth-order valence-electron chi connectivity index (χ4n) is 4.30. The van der Waals surface area contributed by atoms with Crippen molar-refractivity contribution in [2.45, 2.75) is 19.4 Å². The summed E-state index contributed by atoms with van der Waals surface area (Å²) < 4.78 is 0. The van der Waals surface area contributed by atoms with Crippen molar-refractivity contribution in [2.75, 3.05) is 20.2 Å². The van der Waals surface area contributed by atoms with Gasteiger partial charge in [0.05, 0.1) is 0 Å². The average molecular weight is 300 g/mol. The number of nitrogens with zero attached hydrogens (tertiary/aromatic N) is 2. The molecule has 1 aliphatic carbocycles. The minimum absolute atomic E-state index is 0.175. The number of rotatable bonds is 6. The van der Waals surface area contributed by atoms with E-state index in [9.17, 15) is 4.79 Å². The maximum absolute atomic E-state index is 11.6. The van der Waals surface area contributed by atoms with Crippen LogP contribution in [0.4, 0.5) is 0 Å². The number of fused-ring (bicyclic) bond motifs is 2. The van der Waals surface area contributed by atoms with Crippen LogP contribution in [0.15, 0.2) is 35.5 Å². The Morgan fingerprint density at radius 3 is 2.77 bits per heavy atom. The molecule has 1 aliphatic heterocycles. The molecule has 2 bridgehead atoms. The largest absolute Gasteiger partial charge is 0.399 e. The zero-order valence-electron chi connectivity index (χ0n) is 13.1. The molecule has 2 aliphatic rings. The van der Waals surface area contributed by atoms with Gasteiger partial charge in [0.25, 0.3) is 0 Å². The molecule has 4 unspecified atom stereocenters. The molecule has 0 aromatic heterocycles. The predicted octanol–water partition coefficient (Wildman–Crippen LogP) is 2.59. The van der Waals surface area contributed by atoms with Crippen molar-refractivity contribution in [1.29, 1.82) is 0 Å². The van der Waals surface area contributed by atoms with E-state index in [-0.39, 0.29) is 5.92 Å². The van der Waals surface area contributed by atoms with Gasteiger partial charge < -0.3 is 9.63 Å². The molecular weight excluding hydrogens is 276 g/mol. The van der Waals surface area contributed by atoms with Gasteiger partial charge in [0.2, 0.25) is 0 Å². The molecule has 0 spiro atoms. The van der Waals surface area contributed by atoms with E-state index in [1.807, 2.05) is 6.21 Å². The number of carbonyl (C=O) groups excluding carboxylic acids is 1. The Hall–Kier alpha value is -1.68. The Balaban J connectivity index is 1.66. The second-order valence-electron chi connectivity index (χ2n) is 6.52. The minimum Gasteiger partial charge on any atom is -0.399 e. The van der Waals surface area contributed by atoms with Gasteiger partial charge in [0.15, 0.2) is 0 Å². The number of hydrogen-bond acceptors (Lipinski definition) is 4. The van der Waals surface area contributed by atoms with Gasteiger partial charge in [-0.05, 0) is 36.2 Å². The van der Waals surface area contributed by atoms with Crippen molar-refractivity contribution in [2.24, 2.45) is 28.8 Å². The number of carbonyl (C=O) groups is 1. The second-order valence-corrected chi connectivity index (χ2v) is 6.52. The third kappa shape index (κ3) is 3.22. The van der Waals surface area contributed by atoms with Crippen LogP contribution in [-0.2, 0) is 16.2 Å². The Morgan fingerprint density at radius 2 is 2.05 bits per heavy atom. The summed E-state index contributed by atoms with van der Waals surface area (Å²) in [4.78, 5) is 18.8. The van der Waals surface area contributed by atoms with Gasteiger partial charge in [-0.15, -0.1) is 0 Å². The van der Waals surface area contributed by atoms with E-state index in [4.69, 9.17) is 4.84 Å². The molecule has 4 atom stereocenters. The number of oxime groups is 1. The first-order valence-corrected chi connectivity index (χ1v) is 8.08. The fraction of sp³-hybridized carbons (Fsp3) is 0.556. The summed E-state index contributed by atoms with van der Waals surface area (Å²) in [5, 5.41) is 3.85. The van der Waals surface area contributed by atoms with Gasteiger partial charge in [0, 0.05) is 31.8 Å². The second kappa shape index (κ2) is 7.05. The summed E-state index contributed by atoms with van der Waals surface area (Å²) in [7, 11) is 1.56. The molecule has 4 nitrogen and oxygen atoms in total. The van der Waals surface area contributed by atoms with Crippen molar-refractivity contribution in [3.05, 3.63) is 35.9 Å². The van der Waals surface area contributed by atoms with Crippen LogP contribution in [0.25, 0.3) is 0 Å². The molecule has 22 heavy (non-hydrogen) atoms. The lowest BCUT2D eigenvalue weighted by Crippen LogP contribution is -2.37. The lowest BCUT2D eigenvalue weighted by Gasteiger charge is -2.32. The van der Waals surface area contributed by atoms with Gasteiger partial charge >= 0.3 is 0 Å². The van der Waals surface area contributed by atoms with E-state index >= 15 is 0 Å². The SMILES string of the molecule is CON=CCC1C2CC(CN(Cc3ccccc3)C2)C1C=O. The lowest BCUT2D eigenvalue weighted by atomic mass is 9.87. The Kier molecular flexibility index (Phi) is 4.88. The van der Waals surface area contributed by atoms with Gasteiger partial charge in [-0.25, -0.2) is 0 Å². The Bertz CT molecular complexity index is 517. The first kappa shape index (κ1) is 15.2. The molecule has 1 aromatic carbocycles. The molecule has 0 amide bonds. The molecule has 3 rings (SSSR count). The van der Waals surface area contributed by atoms with Crippen LogP contribution in [0.1, 0.15) is 18.4 Å². The molecule has 0 radical (unpaired) electrons. The summed E-state index contributed by atoms with van der Waals surface area (Å²) in [5.74, 6) is 1.69. The van der Waals surface area contributed by atoms with Crippen molar-refractivity contribution in [3.63, 3.8) is 0 Å². The van der Waals surface area contributed by atoms with Gasteiger partial charge in [0.1, 0.15) is 13.4 Å². The first-order valence-electron chi connectivity index (χ1n) is 8.08. The summed E-state index contributed by atoms with van der Waals surface area (Å²) in [6.45, 7) is 3.10. The average Bonchev–Trinajstić information content (AvgIpc) is 2.78. The van der Waals surface area contributed by atoms with Crippen LogP contribution in [0.3, 0.4) is 0 Å². The highest BCUT2D eigenvalue weighted by Gasteiger charge is 2.46. The molecule has 1 aromatic rings. The number of piperidine rings is 1. The highest BCUT2D eigenvalue weighted by atomic mass is 16.6. The molecular formula is C18H24N2O2. The van der Waals surface area contributed by atoms with Crippen molar-refractivity contribution in [3.8, 4) is 0 Å². The van der Waals surface area contributed by atoms with Crippen LogP contribution >= 0.6 is 0 Å². The lowest BCUT2D eigenvalue weighted by molar-refractivity contribution is -0.113. The minimum atomic E-state index is 0.175. The van der Waals surface area contributed by atoms with Crippen LogP contribution < -0.4 is 0 Å². The third-order valence-electron chi connectivity index (χ3n) is 5.20.